The Hall–Kier alpha value is -1.11. The number of hydrogen-bond acceptors (Lipinski definition) is 3. The first kappa shape index (κ1) is 11.4. The standard InChI is InChI=1S/C11H11IN2O2/c1-2-10(15)16-7-8-11(12)14-6-4-3-5-9(14)13-8/h3-6H,2,7H2,1H3. The van der Waals surface area contributed by atoms with Crippen LogP contribution < -0.4 is 0 Å². The fourth-order valence-corrected chi connectivity index (χ4v) is 2.04. The molecule has 16 heavy (non-hydrogen) atoms. The van der Waals surface area contributed by atoms with Gasteiger partial charge < -0.3 is 4.74 Å². The molecule has 2 aromatic rings. The molecule has 0 aliphatic rings. The first-order valence-corrected chi connectivity index (χ1v) is 6.07. The van der Waals surface area contributed by atoms with Gasteiger partial charge in [0.1, 0.15) is 21.6 Å². The Labute approximate surface area is 107 Å². The Morgan fingerprint density at radius 2 is 2.38 bits per heavy atom. The van der Waals surface area contributed by atoms with Crippen LogP contribution in [-0.2, 0) is 16.1 Å². The number of imidazole rings is 1. The third kappa shape index (κ3) is 2.18. The van der Waals surface area contributed by atoms with Gasteiger partial charge in [-0.2, -0.15) is 0 Å². The van der Waals surface area contributed by atoms with Crippen molar-refractivity contribution >= 4 is 34.2 Å². The van der Waals surface area contributed by atoms with E-state index in [-0.39, 0.29) is 12.6 Å². The van der Waals surface area contributed by atoms with Gasteiger partial charge in [-0.3, -0.25) is 9.20 Å². The quantitative estimate of drug-likeness (QED) is 0.641. The van der Waals surface area contributed by atoms with Crippen molar-refractivity contribution < 1.29 is 9.53 Å². The van der Waals surface area contributed by atoms with E-state index in [2.05, 4.69) is 27.6 Å². The van der Waals surface area contributed by atoms with Gasteiger partial charge in [-0.05, 0) is 34.7 Å². The Morgan fingerprint density at radius 1 is 1.56 bits per heavy atom. The zero-order chi connectivity index (χ0) is 11.5. The van der Waals surface area contributed by atoms with Crippen LogP contribution in [0.15, 0.2) is 24.4 Å². The Balaban J connectivity index is 2.24. The second-order valence-corrected chi connectivity index (χ2v) is 4.31. The zero-order valence-corrected chi connectivity index (χ0v) is 11.0. The summed E-state index contributed by atoms with van der Waals surface area (Å²) in [6.45, 7) is 2.02. The van der Waals surface area contributed by atoms with E-state index in [1.165, 1.54) is 0 Å². The van der Waals surface area contributed by atoms with Gasteiger partial charge in [-0.1, -0.05) is 13.0 Å². The SMILES string of the molecule is CCC(=O)OCc1nc2ccccn2c1I. The molecule has 0 N–H and O–H groups in total. The van der Waals surface area contributed by atoms with Gasteiger partial charge in [0.25, 0.3) is 0 Å². The third-order valence-electron chi connectivity index (χ3n) is 2.20. The van der Waals surface area contributed by atoms with Gasteiger partial charge in [0, 0.05) is 12.6 Å². The lowest BCUT2D eigenvalue weighted by Crippen LogP contribution is -2.03. The van der Waals surface area contributed by atoms with Crippen LogP contribution in [0.3, 0.4) is 0 Å². The van der Waals surface area contributed by atoms with Gasteiger partial charge in [0.2, 0.25) is 0 Å². The predicted octanol–water partition coefficient (Wildman–Crippen LogP) is 2.39. The van der Waals surface area contributed by atoms with E-state index >= 15 is 0 Å². The number of aromatic nitrogens is 2. The highest BCUT2D eigenvalue weighted by Crippen LogP contribution is 2.15. The summed E-state index contributed by atoms with van der Waals surface area (Å²) in [5, 5.41) is 0. The molecule has 0 radical (unpaired) electrons. The van der Waals surface area contributed by atoms with Crippen LogP contribution in [0, 0.1) is 3.70 Å². The molecule has 0 aliphatic carbocycles. The summed E-state index contributed by atoms with van der Waals surface area (Å²) >= 11 is 2.20. The lowest BCUT2D eigenvalue weighted by atomic mass is 10.5. The van der Waals surface area contributed by atoms with Gasteiger partial charge >= 0.3 is 5.97 Å². The predicted molar refractivity (Wildman–Crippen MR) is 68.0 cm³/mol. The normalized spacial score (nSPS) is 10.6. The van der Waals surface area contributed by atoms with Crippen LogP contribution >= 0.6 is 22.6 Å². The summed E-state index contributed by atoms with van der Waals surface area (Å²) in [4.78, 5) is 15.4. The van der Waals surface area contributed by atoms with Crippen molar-refractivity contribution in [2.24, 2.45) is 0 Å². The van der Waals surface area contributed by atoms with Crippen LogP contribution in [0.1, 0.15) is 19.0 Å². The summed E-state index contributed by atoms with van der Waals surface area (Å²) in [5.41, 5.74) is 1.67. The third-order valence-corrected chi connectivity index (χ3v) is 3.34. The smallest absolute Gasteiger partial charge is 0.305 e. The molecule has 0 aliphatic heterocycles. The number of ether oxygens (including phenoxy) is 1. The number of fused-ring (bicyclic) bond motifs is 1. The number of halogens is 1. The molecular weight excluding hydrogens is 319 g/mol. The summed E-state index contributed by atoms with van der Waals surface area (Å²) in [7, 11) is 0. The van der Waals surface area contributed by atoms with E-state index in [1.54, 1.807) is 6.92 Å². The first-order valence-electron chi connectivity index (χ1n) is 4.99. The highest BCUT2D eigenvalue weighted by Gasteiger charge is 2.10. The number of rotatable bonds is 3. The highest BCUT2D eigenvalue weighted by molar-refractivity contribution is 14.1. The van der Waals surface area contributed by atoms with Crippen LogP contribution in [0.5, 0.6) is 0 Å². The maximum atomic E-state index is 11.1. The van der Waals surface area contributed by atoms with E-state index in [0.717, 1.165) is 15.0 Å². The Morgan fingerprint density at radius 3 is 3.06 bits per heavy atom. The van der Waals surface area contributed by atoms with Crippen molar-refractivity contribution in [3.63, 3.8) is 0 Å². The second kappa shape index (κ2) is 4.82. The summed E-state index contributed by atoms with van der Waals surface area (Å²) < 4.78 is 8.02. The molecular formula is C11H11IN2O2. The van der Waals surface area contributed by atoms with Crippen LogP contribution in [0.2, 0.25) is 0 Å². The lowest BCUT2D eigenvalue weighted by Gasteiger charge is -2.00. The van der Waals surface area contributed by atoms with E-state index < -0.39 is 0 Å². The van der Waals surface area contributed by atoms with Crippen LogP contribution in [0.25, 0.3) is 5.65 Å². The number of nitrogens with zero attached hydrogens (tertiary/aromatic N) is 2. The van der Waals surface area contributed by atoms with Crippen LogP contribution in [-0.4, -0.2) is 15.4 Å². The molecule has 0 saturated heterocycles. The molecule has 0 unspecified atom stereocenters. The molecule has 5 heteroatoms. The summed E-state index contributed by atoms with van der Waals surface area (Å²) in [5.74, 6) is -0.201. The monoisotopic (exact) mass is 330 g/mol. The number of pyridine rings is 1. The molecule has 0 bridgehead atoms. The van der Waals surface area contributed by atoms with Crippen molar-refractivity contribution in [1.82, 2.24) is 9.38 Å². The minimum absolute atomic E-state index is 0.201. The number of esters is 1. The van der Waals surface area contributed by atoms with Crippen molar-refractivity contribution in [1.29, 1.82) is 0 Å². The molecule has 2 heterocycles. The highest BCUT2D eigenvalue weighted by atomic mass is 127. The fourth-order valence-electron chi connectivity index (χ4n) is 1.36. The molecule has 0 amide bonds. The second-order valence-electron chi connectivity index (χ2n) is 3.29. The lowest BCUT2D eigenvalue weighted by molar-refractivity contribution is -0.144. The molecule has 0 aromatic carbocycles. The Kier molecular flexibility index (Phi) is 3.42. The topological polar surface area (TPSA) is 43.6 Å². The fraction of sp³-hybridized carbons (Fsp3) is 0.273. The number of carbonyl (C=O) groups is 1. The average molecular weight is 330 g/mol. The van der Waals surface area contributed by atoms with Crippen molar-refractivity contribution in [3.05, 3.63) is 33.8 Å². The summed E-state index contributed by atoms with van der Waals surface area (Å²) in [6, 6.07) is 5.80. The van der Waals surface area contributed by atoms with Crippen LogP contribution in [0.4, 0.5) is 0 Å². The number of carbonyl (C=O) groups excluding carboxylic acids is 1. The molecule has 84 valence electrons. The maximum absolute atomic E-state index is 11.1. The van der Waals surface area contributed by atoms with E-state index in [4.69, 9.17) is 4.74 Å². The summed E-state index contributed by atoms with van der Waals surface area (Å²) in [6.07, 6.45) is 2.33. The van der Waals surface area contributed by atoms with Gasteiger partial charge in [0.15, 0.2) is 0 Å². The van der Waals surface area contributed by atoms with E-state index in [0.29, 0.717) is 6.42 Å². The Bertz CT molecular complexity index is 522. The van der Waals surface area contributed by atoms with Crippen molar-refractivity contribution in [3.8, 4) is 0 Å². The molecule has 0 saturated carbocycles. The molecule has 0 spiro atoms. The van der Waals surface area contributed by atoms with Gasteiger partial charge in [-0.15, -0.1) is 0 Å². The molecule has 4 nitrogen and oxygen atoms in total. The van der Waals surface area contributed by atoms with E-state index in [1.807, 2.05) is 28.8 Å². The minimum atomic E-state index is -0.201. The number of hydrogen-bond donors (Lipinski definition) is 0. The van der Waals surface area contributed by atoms with Gasteiger partial charge in [0.05, 0.1) is 0 Å². The van der Waals surface area contributed by atoms with Crippen molar-refractivity contribution in [2.45, 2.75) is 20.0 Å². The van der Waals surface area contributed by atoms with Crippen molar-refractivity contribution in [2.75, 3.05) is 0 Å². The molecule has 2 rings (SSSR count). The molecule has 0 fully saturated rings. The maximum Gasteiger partial charge on any atom is 0.305 e. The van der Waals surface area contributed by atoms with Gasteiger partial charge in [-0.25, -0.2) is 4.98 Å². The molecule has 0 atom stereocenters. The first-order chi connectivity index (χ1) is 7.72. The zero-order valence-electron chi connectivity index (χ0n) is 8.81. The van der Waals surface area contributed by atoms with E-state index in [9.17, 15) is 4.79 Å². The largest absolute Gasteiger partial charge is 0.459 e. The molecule has 2 aromatic heterocycles. The minimum Gasteiger partial charge on any atom is -0.459 e. The average Bonchev–Trinajstić information content (AvgIpc) is 2.64.